The minimum absolute atomic E-state index is 0.889. The van der Waals surface area contributed by atoms with Crippen molar-refractivity contribution in [2.75, 3.05) is 27.3 Å². The van der Waals surface area contributed by atoms with Gasteiger partial charge in [0.2, 0.25) is 0 Å². The number of allylic oxidation sites excluding steroid dienone is 4. The van der Waals surface area contributed by atoms with Crippen molar-refractivity contribution in [3.8, 4) is 0 Å². The van der Waals surface area contributed by atoms with E-state index in [1.807, 2.05) is 25.9 Å². The van der Waals surface area contributed by atoms with Crippen LogP contribution in [-0.4, -0.2) is 38.0 Å². The Kier molecular flexibility index (Phi) is 39.4. The van der Waals surface area contributed by atoms with Crippen LogP contribution in [0.25, 0.3) is 0 Å². The molecule has 0 fully saturated rings. The largest absolute Gasteiger partial charge is 0.385 e. The molecule has 0 saturated carbocycles. The standard InChI is InChI=1S/C8H12.C5H10N2.C4H10O.2C4H10.C2H6/c1-7-3-5-8(2)6-4-7;1-5-3-4-7(2)6-5;1-3-4-5-2;2*1-3-4-2;1-2/h3,5H,4,6H2,1-2H3;3-4H2,1-2H3;3-4H2,1-2H3;2*3-4H2,1-2H3;1-2H3. The van der Waals surface area contributed by atoms with Gasteiger partial charge in [0.15, 0.2) is 0 Å². The highest BCUT2D eigenvalue weighted by Crippen LogP contribution is 2.16. The molecule has 0 spiro atoms. The van der Waals surface area contributed by atoms with Gasteiger partial charge in [-0.3, -0.25) is 5.01 Å². The van der Waals surface area contributed by atoms with Crippen LogP contribution in [0, 0.1) is 0 Å². The lowest BCUT2D eigenvalue weighted by Crippen LogP contribution is -2.04. The molecule has 30 heavy (non-hydrogen) atoms. The monoisotopic (exact) mass is 426 g/mol. The van der Waals surface area contributed by atoms with Crippen LogP contribution in [0.1, 0.15) is 121 Å². The smallest absolute Gasteiger partial charge is 0.0459 e. The first-order chi connectivity index (χ1) is 14.3. The number of hydrazone groups is 1. The summed E-state index contributed by atoms with van der Waals surface area (Å²) in [5.41, 5.74) is 4.27. The molecule has 3 heteroatoms. The fourth-order valence-corrected chi connectivity index (χ4v) is 1.76. The molecule has 0 aromatic heterocycles. The van der Waals surface area contributed by atoms with Crippen molar-refractivity contribution in [3.05, 3.63) is 23.3 Å². The molecule has 2 aliphatic rings. The lowest BCUT2D eigenvalue weighted by molar-refractivity contribution is 0.199. The zero-order valence-electron chi connectivity index (χ0n) is 23.0. The summed E-state index contributed by atoms with van der Waals surface area (Å²) in [6, 6.07) is 0. The van der Waals surface area contributed by atoms with Gasteiger partial charge in [-0.1, -0.05) is 97.4 Å². The Labute approximate surface area is 192 Å². The van der Waals surface area contributed by atoms with E-state index in [1.54, 1.807) is 7.11 Å². The molecule has 1 aliphatic carbocycles. The van der Waals surface area contributed by atoms with Gasteiger partial charge in [-0.25, -0.2) is 0 Å². The van der Waals surface area contributed by atoms with E-state index in [1.165, 1.54) is 55.4 Å². The van der Waals surface area contributed by atoms with E-state index in [2.05, 4.69) is 72.6 Å². The molecule has 0 radical (unpaired) electrons. The molecule has 0 bridgehead atoms. The summed E-state index contributed by atoms with van der Waals surface area (Å²) >= 11 is 0. The van der Waals surface area contributed by atoms with Crippen molar-refractivity contribution in [1.29, 1.82) is 0 Å². The summed E-state index contributed by atoms with van der Waals surface area (Å²) in [5, 5.41) is 6.11. The third kappa shape index (κ3) is 37.6. The average Bonchev–Trinajstić information content (AvgIpc) is 3.16. The normalized spacial score (nSPS) is 13.6. The van der Waals surface area contributed by atoms with Crippen molar-refractivity contribution < 1.29 is 4.74 Å². The first kappa shape index (κ1) is 36.3. The molecular formula is C27H58N2O. The Morgan fingerprint density at radius 1 is 0.767 bits per heavy atom. The summed E-state index contributed by atoms with van der Waals surface area (Å²) in [6.45, 7) is 23.2. The molecule has 0 unspecified atom stereocenters. The van der Waals surface area contributed by atoms with Gasteiger partial charge in [-0.2, -0.15) is 5.10 Å². The fourth-order valence-electron chi connectivity index (χ4n) is 1.76. The maximum absolute atomic E-state index is 4.69. The first-order valence-corrected chi connectivity index (χ1v) is 12.4. The van der Waals surface area contributed by atoms with E-state index in [0.717, 1.165) is 26.0 Å². The lowest BCUT2D eigenvalue weighted by Gasteiger charge is -2.05. The molecule has 1 aliphatic heterocycles. The second-order valence-corrected chi connectivity index (χ2v) is 7.49. The van der Waals surface area contributed by atoms with E-state index in [-0.39, 0.29) is 0 Å². The quantitative estimate of drug-likeness (QED) is 0.448. The van der Waals surface area contributed by atoms with Gasteiger partial charge >= 0.3 is 0 Å². The Balaban J connectivity index is -0.000000142. The fraction of sp³-hybridized carbons (Fsp3) is 0.815. The highest BCUT2D eigenvalue weighted by molar-refractivity contribution is 5.82. The number of hydrogen-bond donors (Lipinski definition) is 0. The van der Waals surface area contributed by atoms with Gasteiger partial charge < -0.3 is 4.74 Å². The van der Waals surface area contributed by atoms with Crippen LogP contribution in [0.2, 0.25) is 0 Å². The van der Waals surface area contributed by atoms with Gasteiger partial charge in [0.1, 0.15) is 0 Å². The van der Waals surface area contributed by atoms with Gasteiger partial charge in [0, 0.05) is 39.4 Å². The van der Waals surface area contributed by atoms with E-state index in [9.17, 15) is 0 Å². The van der Waals surface area contributed by atoms with Crippen LogP contribution in [0.3, 0.4) is 0 Å². The van der Waals surface area contributed by atoms with Gasteiger partial charge in [0.25, 0.3) is 0 Å². The molecule has 0 amide bonds. The second kappa shape index (κ2) is 32.6. The Morgan fingerprint density at radius 2 is 1.17 bits per heavy atom. The summed E-state index contributed by atoms with van der Waals surface area (Å²) < 4.78 is 4.69. The second-order valence-electron chi connectivity index (χ2n) is 7.49. The van der Waals surface area contributed by atoms with E-state index in [0.29, 0.717) is 0 Å². The number of hydrogen-bond acceptors (Lipinski definition) is 3. The predicted octanol–water partition coefficient (Wildman–Crippen LogP) is 9.05. The third-order valence-corrected chi connectivity index (χ3v) is 4.11. The summed E-state index contributed by atoms with van der Waals surface area (Å²) in [5.74, 6) is 0. The highest BCUT2D eigenvalue weighted by atomic mass is 16.5. The van der Waals surface area contributed by atoms with E-state index < -0.39 is 0 Å². The zero-order chi connectivity index (χ0) is 24.2. The highest BCUT2D eigenvalue weighted by Gasteiger charge is 2.03. The minimum atomic E-state index is 0.889. The topological polar surface area (TPSA) is 24.8 Å². The molecule has 0 saturated heterocycles. The van der Waals surface area contributed by atoms with Crippen molar-refractivity contribution in [1.82, 2.24) is 5.01 Å². The molecule has 0 aromatic carbocycles. The number of methoxy groups -OCH3 is 1. The van der Waals surface area contributed by atoms with Crippen LogP contribution in [0.4, 0.5) is 0 Å². The van der Waals surface area contributed by atoms with Crippen LogP contribution >= 0.6 is 0 Å². The van der Waals surface area contributed by atoms with Gasteiger partial charge in [-0.05, 0) is 40.0 Å². The number of nitrogens with zero attached hydrogens (tertiary/aromatic N) is 2. The van der Waals surface area contributed by atoms with Gasteiger partial charge in [0.05, 0.1) is 0 Å². The van der Waals surface area contributed by atoms with Crippen molar-refractivity contribution >= 4 is 5.71 Å². The summed E-state index contributed by atoms with van der Waals surface area (Å²) in [6.07, 6.45) is 14.5. The zero-order valence-corrected chi connectivity index (χ0v) is 23.0. The number of unbranched alkanes of at least 4 members (excludes halogenated alkanes) is 2. The Bertz CT molecular complexity index is 370. The molecule has 0 atom stereocenters. The average molecular weight is 427 g/mol. The minimum Gasteiger partial charge on any atom is -0.385 e. The SMILES string of the molecule is CC.CC1=CC=C(C)CC1.CC1=NN(C)CC1.CCCC.CCCC.CCCOC. The van der Waals surface area contributed by atoms with E-state index >= 15 is 0 Å². The molecule has 3 nitrogen and oxygen atoms in total. The lowest BCUT2D eigenvalue weighted by atomic mass is 10.0. The van der Waals surface area contributed by atoms with Gasteiger partial charge in [-0.15, -0.1) is 0 Å². The van der Waals surface area contributed by atoms with Crippen LogP contribution in [0.5, 0.6) is 0 Å². The number of rotatable bonds is 4. The van der Waals surface area contributed by atoms with Crippen molar-refractivity contribution in [2.45, 2.75) is 121 Å². The maximum atomic E-state index is 4.69. The van der Waals surface area contributed by atoms with Crippen LogP contribution < -0.4 is 0 Å². The number of ether oxygens (including phenoxy) is 1. The van der Waals surface area contributed by atoms with Crippen LogP contribution in [-0.2, 0) is 4.74 Å². The third-order valence-electron chi connectivity index (χ3n) is 4.11. The molecule has 0 aromatic rings. The molecule has 1 heterocycles. The first-order valence-electron chi connectivity index (χ1n) is 12.4. The summed E-state index contributed by atoms with van der Waals surface area (Å²) in [4.78, 5) is 0. The van der Waals surface area contributed by atoms with Crippen LogP contribution in [0.15, 0.2) is 28.4 Å². The molecule has 182 valence electrons. The van der Waals surface area contributed by atoms with E-state index in [4.69, 9.17) is 4.74 Å². The molecule has 0 N–H and O–H groups in total. The van der Waals surface area contributed by atoms with Crippen molar-refractivity contribution in [3.63, 3.8) is 0 Å². The van der Waals surface area contributed by atoms with Crippen molar-refractivity contribution in [2.24, 2.45) is 5.10 Å². The maximum Gasteiger partial charge on any atom is 0.0459 e. The summed E-state index contributed by atoms with van der Waals surface area (Å²) in [7, 11) is 3.71. The molecular weight excluding hydrogens is 368 g/mol. The Morgan fingerprint density at radius 3 is 1.27 bits per heavy atom. The Hall–Kier alpha value is -1.09. The molecule has 2 rings (SSSR count). The predicted molar refractivity (Wildman–Crippen MR) is 142 cm³/mol.